The van der Waals surface area contributed by atoms with Crippen molar-refractivity contribution in [3.63, 3.8) is 0 Å². The molecule has 0 N–H and O–H groups in total. The molecule has 3 aliphatic rings. The van der Waals surface area contributed by atoms with E-state index in [4.69, 9.17) is 14.7 Å². The summed E-state index contributed by atoms with van der Waals surface area (Å²) in [6.45, 7) is 3.99. The zero-order valence-electron chi connectivity index (χ0n) is 14.5. The molecule has 0 radical (unpaired) electrons. The van der Waals surface area contributed by atoms with E-state index in [1.54, 1.807) is 0 Å². The predicted molar refractivity (Wildman–Crippen MR) is 92.4 cm³/mol. The molecule has 1 saturated heterocycles. The van der Waals surface area contributed by atoms with Gasteiger partial charge in [0.2, 0.25) is 0 Å². The van der Waals surface area contributed by atoms with E-state index in [1.165, 1.54) is 44.1 Å². The van der Waals surface area contributed by atoms with Crippen molar-refractivity contribution >= 4 is 0 Å². The highest BCUT2D eigenvalue weighted by atomic mass is 16.7. The summed E-state index contributed by atoms with van der Waals surface area (Å²) in [5, 5.41) is 8.89. The molecule has 128 valence electrons. The summed E-state index contributed by atoms with van der Waals surface area (Å²) in [5.74, 6) is 1.89. The van der Waals surface area contributed by atoms with Crippen molar-refractivity contribution in [1.29, 1.82) is 5.26 Å². The van der Waals surface area contributed by atoms with E-state index in [9.17, 15) is 0 Å². The topological polar surface area (TPSA) is 42.2 Å². The van der Waals surface area contributed by atoms with E-state index in [1.807, 2.05) is 12.1 Å². The Labute approximate surface area is 145 Å². The SMILES string of the molecule is CCCC1COC(C2CC3(CC(c4ccc(C#N)cc4)C3)C2)OC1. The third-order valence-corrected chi connectivity index (χ3v) is 6.33. The molecule has 0 aromatic heterocycles. The number of hydrogen-bond acceptors (Lipinski definition) is 3. The van der Waals surface area contributed by atoms with E-state index in [0.717, 1.165) is 18.8 Å². The monoisotopic (exact) mass is 325 g/mol. The van der Waals surface area contributed by atoms with Gasteiger partial charge in [-0.25, -0.2) is 0 Å². The minimum absolute atomic E-state index is 0.0534. The molecule has 2 saturated carbocycles. The second kappa shape index (κ2) is 6.50. The summed E-state index contributed by atoms with van der Waals surface area (Å²) in [5.41, 5.74) is 2.70. The van der Waals surface area contributed by atoms with E-state index >= 15 is 0 Å². The maximum absolute atomic E-state index is 8.89. The Morgan fingerprint density at radius 3 is 2.33 bits per heavy atom. The van der Waals surface area contributed by atoms with Gasteiger partial charge in [0.25, 0.3) is 0 Å². The predicted octanol–water partition coefficient (Wildman–Crippen LogP) is 4.62. The fourth-order valence-electron chi connectivity index (χ4n) is 5.03. The first-order chi connectivity index (χ1) is 11.7. The lowest BCUT2D eigenvalue weighted by molar-refractivity contribution is -0.258. The number of nitrogens with zero attached hydrogens (tertiary/aromatic N) is 1. The zero-order chi connectivity index (χ0) is 16.6. The molecule has 1 aliphatic heterocycles. The van der Waals surface area contributed by atoms with E-state index in [-0.39, 0.29) is 6.29 Å². The smallest absolute Gasteiger partial charge is 0.160 e. The highest BCUT2D eigenvalue weighted by molar-refractivity contribution is 5.34. The Morgan fingerprint density at radius 2 is 1.75 bits per heavy atom. The van der Waals surface area contributed by atoms with Crippen LogP contribution < -0.4 is 0 Å². The van der Waals surface area contributed by atoms with Crippen LogP contribution in [0.1, 0.15) is 62.5 Å². The Kier molecular flexibility index (Phi) is 4.37. The maximum Gasteiger partial charge on any atom is 0.160 e. The van der Waals surface area contributed by atoms with Gasteiger partial charge in [-0.15, -0.1) is 0 Å². The van der Waals surface area contributed by atoms with E-state index in [0.29, 0.717) is 23.2 Å². The second-order valence-corrected chi connectivity index (χ2v) is 8.20. The van der Waals surface area contributed by atoms with Gasteiger partial charge < -0.3 is 9.47 Å². The van der Waals surface area contributed by atoms with Crippen LogP contribution in [-0.2, 0) is 9.47 Å². The van der Waals surface area contributed by atoms with E-state index < -0.39 is 0 Å². The van der Waals surface area contributed by atoms with Crippen LogP contribution in [0.15, 0.2) is 24.3 Å². The summed E-state index contributed by atoms with van der Waals surface area (Å²) in [4.78, 5) is 0. The first-order valence-corrected chi connectivity index (χ1v) is 9.44. The molecule has 1 aromatic carbocycles. The van der Waals surface area contributed by atoms with E-state index in [2.05, 4.69) is 25.1 Å². The van der Waals surface area contributed by atoms with Gasteiger partial charge in [-0.3, -0.25) is 0 Å². The largest absolute Gasteiger partial charge is 0.352 e. The van der Waals surface area contributed by atoms with Crippen molar-refractivity contribution in [1.82, 2.24) is 0 Å². The molecule has 1 spiro atoms. The summed E-state index contributed by atoms with van der Waals surface area (Å²) < 4.78 is 12.0. The number of hydrogen-bond donors (Lipinski definition) is 0. The highest BCUT2D eigenvalue weighted by Gasteiger charge is 2.55. The molecular formula is C21H27NO2. The standard InChI is InChI=1S/C21H27NO2/c1-2-3-16-13-23-20(24-14-16)19-10-21(11-19)8-18(9-21)17-6-4-15(12-22)5-7-17/h4-7,16,18-20H,2-3,8-11,13-14H2,1H3. The molecule has 24 heavy (non-hydrogen) atoms. The Morgan fingerprint density at radius 1 is 1.08 bits per heavy atom. The molecule has 1 aromatic rings. The lowest BCUT2D eigenvalue weighted by atomic mass is 9.47. The van der Waals surface area contributed by atoms with Gasteiger partial charge >= 0.3 is 0 Å². The van der Waals surface area contributed by atoms with Crippen molar-refractivity contribution in [3.05, 3.63) is 35.4 Å². The van der Waals surface area contributed by atoms with Gasteiger partial charge in [-0.1, -0.05) is 25.5 Å². The summed E-state index contributed by atoms with van der Waals surface area (Å²) in [6.07, 6.45) is 7.60. The van der Waals surface area contributed by atoms with Gasteiger partial charge in [0.15, 0.2) is 6.29 Å². The lowest BCUT2D eigenvalue weighted by Gasteiger charge is -2.59. The van der Waals surface area contributed by atoms with Crippen molar-refractivity contribution in [2.45, 2.75) is 57.7 Å². The summed E-state index contributed by atoms with van der Waals surface area (Å²) in [7, 11) is 0. The van der Waals surface area contributed by atoms with Crippen LogP contribution in [0, 0.1) is 28.6 Å². The number of ether oxygens (including phenoxy) is 2. The molecule has 3 heteroatoms. The molecule has 1 heterocycles. The molecule has 2 aliphatic carbocycles. The van der Waals surface area contributed by atoms with Crippen LogP contribution in [0.2, 0.25) is 0 Å². The third kappa shape index (κ3) is 2.98. The first kappa shape index (κ1) is 16.1. The van der Waals surface area contributed by atoms with Crippen LogP contribution in [0.3, 0.4) is 0 Å². The average Bonchev–Trinajstić information content (AvgIpc) is 2.54. The van der Waals surface area contributed by atoms with Gasteiger partial charge in [-0.05, 0) is 61.1 Å². The number of benzene rings is 1. The highest BCUT2D eigenvalue weighted by Crippen LogP contribution is 2.65. The van der Waals surface area contributed by atoms with Crippen LogP contribution in [-0.4, -0.2) is 19.5 Å². The second-order valence-electron chi connectivity index (χ2n) is 8.20. The van der Waals surface area contributed by atoms with Crippen molar-refractivity contribution in [2.24, 2.45) is 17.3 Å². The molecule has 0 atom stereocenters. The van der Waals surface area contributed by atoms with Crippen molar-refractivity contribution in [2.75, 3.05) is 13.2 Å². The fourth-order valence-corrected chi connectivity index (χ4v) is 5.03. The molecule has 0 bridgehead atoms. The minimum Gasteiger partial charge on any atom is -0.352 e. The quantitative estimate of drug-likeness (QED) is 0.811. The van der Waals surface area contributed by atoms with Gasteiger partial charge in [0.05, 0.1) is 24.8 Å². The Bertz CT molecular complexity index is 596. The first-order valence-electron chi connectivity index (χ1n) is 9.44. The summed E-state index contributed by atoms with van der Waals surface area (Å²) in [6, 6.07) is 10.3. The maximum atomic E-state index is 8.89. The third-order valence-electron chi connectivity index (χ3n) is 6.33. The molecule has 3 nitrogen and oxygen atoms in total. The summed E-state index contributed by atoms with van der Waals surface area (Å²) >= 11 is 0. The Balaban J connectivity index is 1.23. The number of nitriles is 1. The molecule has 3 fully saturated rings. The van der Waals surface area contributed by atoms with Crippen LogP contribution in [0.25, 0.3) is 0 Å². The fraction of sp³-hybridized carbons (Fsp3) is 0.667. The average molecular weight is 325 g/mol. The molecule has 0 amide bonds. The zero-order valence-corrected chi connectivity index (χ0v) is 14.5. The van der Waals surface area contributed by atoms with Crippen LogP contribution in [0.5, 0.6) is 0 Å². The van der Waals surface area contributed by atoms with Gasteiger partial charge in [0, 0.05) is 11.8 Å². The van der Waals surface area contributed by atoms with Gasteiger partial charge in [-0.2, -0.15) is 5.26 Å². The normalized spacial score (nSPS) is 38.2. The van der Waals surface area contributed by atoms with Crippen molar-refractivity contribution in [3.8, 4) is 6.07 Å². The van der Waals surface area contributed by atoms with Crippen LogP contribution >= 0.6 is 0 Å². The molecular weight excluding hydrogens is 298 g/mol. The Hall–Kier alpha value is -1.37. The van der Waals surface area contributed by atoms with Crippen LogP contribution in [0.4, 0.5) is 0 Å². The minimum atomic E-state index is 0.0534. The lowest BCUT2D eigenvalue weighted by Crippen LogP contribution is -2.52. The molecule has 4 rings (SSSR count). The van der Waals surface area contributed by atoms with Crippen molar-refractivity contribution < 1.29 is 9.47 Å². The van der Waals surface area contributed by atoms with Gasteiger partial charge in [0.1, 0.15) is 0 Å². The number of rotatable bonds is 4. The molecule has 0 unspecified atom stereocenters.